The van der Waals surface area contributed by atoms with Gasteiger partial charge in [-0.25, -0.2) is 8.42 Å². The molecule has 0 bridgehead atoms. The highest BCUT2D eigenvalue weighted by Crippen LogP contribution is 2.17. The monoisotopic (exact) mass is 471 g/mol. The molecule has 23 heavy (non-hydrogen) atoms. The van der Waals surface area contributed by atoms with Crippen molar-refractivity contribution in [2.45, 2.75) is 13.0 Å². The Hall–Kier alpha value is -0.540. The normalized spacial score (nSPS) is 20.0. The number of halogens is 2. The molecule has 0 aliphatic carbocycles. The molecule has 1 fully saturated rings. The summed E-state index contributed by atoms with van der Waals surface area (Å²) in [4.78, 5) is 6.26. The van der Waals surface area contributed by atoms with Crippen molar-refractivity contribution in [1.29, 1.82) is 0 Å². The molecule has 0 amide bonds. The number of benzene rings is 1. The smallest absolute Gasteiger partial charge is 0.193 e. The fraction of sp³-hybridized carbons (Fsp3) is 0.533. The first-order chi connectivity index (χ1) is 10.4. The number of aliphatic imine (C=N–C) groups is 1. The Labute approximate surface area is 160 Å². The molecule has 1 aliphatic heterocycles. The van der Waals surface area contributed by atoms with E-state index >= 15 is 0 Å². The third kappa shape index (κ3) is 6.46. The highest BCUT2D eigenvalue weighted by atomic mass is 127. The second kappa shape index (κ2) is 9.08. The Morgan fingerprint density at radius 1 is 1.39 bits per heavy atom. The molecule has 1 N–H and O–H groups in total. The van der Waals surface area contributed by atoms with Gasteiger partial charge in [-0.05, 0) is 30.0 Å². The summed E-state index contributed by atoms with van der Waals surface area (Å²) in [6.45, 7) is 1.34. The van der Waals surface area contributed by atoms with Crippen LogP contribution in [0, 0.1) is 5.92 Å². The topological polar surface area (TPSA) is 61.8 Å². The zero-order valence-electron chi connectivity index (χ0n) is 13.3. The molecule has 8 heteroatoms. The van der Waals surface area contributed by atoms with Crippen LogP contribution >= 0.6 is 35.6 Å². The van der Waals surface area contributed by atoms with Gasteiger partial charge in [0.25, 0.3) is 0 Å². The zero-order valence-corrected chi connectivity index (χ0v) is 17.2. The van der Waals surface area contributed by atoms with E-state index in [-0.39, 0.29) is 35.6 Å². The Kier molecular flexibility index (Phi) is 8.09. The first kappa shape index (κ1) is 20.5. The summed E-state index contributed by atoms with van der Waals surface area (Å²) in [7, 11) is 0.853. The van der Waals surface area contributed by atoms with Crippen LogP contribution in [0.15, 0.2) is 29.3 Å². The second-order valence-corrected chi connectivity index (χ2v) is 8.34. The summed E-state index contributed by atoms with van der Waals surface area (Å²) in [5.74, 6) is 1.51. The van der Waals surface area contributed by atoms with Gasteiger partial charge in [-0.15, -0.1) is 24.0 Å². The van der Waals surface area contributed by atoms with E-state index in [1.807, 2.05) is 36.2 Å². The number of nitrogens with one attached hydrogen (secondary N) is 1. The molecule has 0 radical (unpaired) electrons. The molecular weight excluding hydrogens is 449 g/mol. The lowest BCUT2D eigenvalue weighted by Gasteiger charge is -2.23. The first-order valence-electron chi connectivity index (χ1n) is 7.26. The number of hydrogen-bond donors (Lipinski definition) is 1. The lowest BCUT2D eigenvalue weighted by molar-refractivity contribution is 0.463. The predicted molar refractivity (Wildman–Crippen MR) is 106 cm³/mol. The van der Waals surface area contributed by atoms with E-state index < -0.39 is 9.84 Å². The van der Waals surface area contributed by atoms with E-state index in [0.717, 1.165) is 23.0 Å². The van der Waals surface area contributed by atoms with Gasteiger partial charge in [0.05, 0.1) is 11.5 Å². The van der Waals surface area contributed by atoms with Crippen LogP contribution in [-0.4, -0.2) is 51.4 Å². The number of sulfone groups is 1. The molecule has 1 saturated heterocycles. The fourth-order valence-corrected chi connectivity index (χ4v) is 4.58. The van der Waals surface area contributed by atoms with Gasteiger partial charge in [-0.2, -0.15) is 0 Å². The Morgan fingerprint density at radius 2 is 2.04 bits per heavy atom. The predicted octanol–water partition coefficient (Wildman–Crippen LogP) is 2.40. The van der Waals surface area contributed by atoms with Crippen molar-refractivity contribution >= 4 is 51.4 Å². The highest BCUT2D eigenvalue weighted by molar-refractivity contribution is 14.0. The van der Waals surface area contributed by atoms with Crippen molar-refractivity contribution in [2.75, 3.05) is 32.1 Å². The molecule has 0 spiro atoms. The van der Waals surface area contributed by atoms with Crippen LogP contribution in [0.3, 0.4) is 0 Å². The van der Waals surface area contributed by atoms with Gasteiger partial charge in [-0.1, -0.05) is 23.7 Å². The van der Waals surface area contributed by atoms with Crippen LogP contribution in [0.5, 0.6) is 0 Å². The molecule has 2 rings (SSSR count). The Morgan fingerprint density at radius 3 is 2.57 bits per heavy atom. The maximum atomic E-state index is 11.5. The molecule has 1 atom stereocenters. The van der Waals surface area contributed by atoms with Crippen LogP contribution in [0.4, 0.5) is 0 Å². The standard InChI is InChI=1S/C15H22ClN3O2S.HI/c1-17-15(18-9-13-7-8-22(20,21)11-13)19(2)10-12-3-5-14(16)6-4-12;/h3-6,13H,7-11H2,1-2H3,(H,17,18);1H. The summed E-state index contributed by atoms with van der Waals surface area (Å²) < 4.78 is 23.0. The lowest BCUT2D eigenvalue weighted by Crippen LogP contribution is -2.40. The average molecular weight is 472 g/mol. The third-order valence-electron chi connectivity index (χ3n) is 3.78. The second-order valence-electron chi connectivity index (χ2n) is 5.68. The van der Waals surface area contributed by atoms with Gasteiger partial charge < -0.3 is 10.2 Å². The van der Waals surface area contributed by atoms with Crippen molar-refractivity contribution in [3.8, 4) is 0 Å². The molecule has 1 aliphatic rings. The molecule has 5 nitrogen and oxygen atoms in total. The van der Waals surface area contributed by atoms with E-state index in [4.69, 9.17) is 11.6 Å². The summed E-state index contributed by atoms with van der Waals surface area (Å²) in [6, 6.07) is 7.69. The van der Waals surface area contributed by atoms with Gasteiger partial charge in [0.2, 0.25) is 0 Å². The molecule has 1 heterocycles. The van der Waals surface area contributed by atoms with E-state index in [2.05, 4.69) is 10.3 Å². The number of rotatable bonds is 4. The highest BCUT2D eigenvalue weighted by Gasteiger charge is 2.27. The van der Waals surface area contributed by atoms with Crippen molar-refractivity contribution in [3.05, 3.63) is 34.9 Å². The van der Waals surface area contributed by atoms with Crippen molar-refractivity contribution in [2.24, 2.45) is 10.9 Å². The van der Waals surface area contributed by atoms with Crippen molar-refractivity contribution < 1.29 is 8.42 Å². The van der Waals surface area contributed by atoms with E-state index in [0.29, 0.717) is 18.8 Å². The third-order valence-corrected chi connectivity index (χ3v) is 5.87. The largest absolute Gasteiger partial charge is 0.356 e. The maximum absolute atomic E-state index is 11.5. The van der Waals surface area contributed by atoms with Gasteiger partial charge >= 0.3 is 0 Å². The summed E-state index contributed by atoms with van der Waals surface area (Å²) in [6.07, 6.45) is 0.729. The zero-order chi connectivity index (χ0) is 16.2. The van der Waals surface area contributed by atoms with Gasteiger partial charge in [0.15, 0.2) is 15.8 Å². The van der Waals surface area contributed by atoms with Crippen molar-refractivity contribution in [3.63, 3.8) is 0 Å². The quantitative estimate of drug-likeness (QED) is 0.416. The van der Waals surface area contributed by atoms with Crippen LogP contribution in [0.2, 0.25) is 5.02 Å². The molecule has 130 valence electrons. The number of nitrogens with zero attached hydrogens (tertiary/aromatic N) is 2. The molecule has 0 saturated carbocycles. The van der Waals surface area contributed by atoms with E-state index in [9.17, 15) is 8.42 Å². The van der Waals surface area contributed by atoms with Crippen LogP contribution in [0.1, 0.15) is 12.0 Å². The Balaban J connectivity index is 0.00000264. The molecular formula is C15H23ClIN3O2S. The lowest BCUT2D eigenvalue weighted by atomic mass is 10.1. The van der Waals surface area contributed by atoms with Gasteiger partial charge in [0, 0.05) is 32.2 Å². The minimum Gasteiger partial charge on any atom is -0.356 e. The molecule has 0 aromatic heterocycles. The summed E-state index contributed by atoms with van der Waals surface area (Å²) in [5.41, 5.74) is 1.14. The van der Waals surface area contributed by atoms with E-state index in [1.54, 1.807) is 7.05 Å². The molecule has 1 unspecified atom stereocenters. The van der Waals surface area contributed by atoms with Crippen molar-refractivity contribution in [1.82, 2.24) is 10.2 Å². The fourth-order valence-electron chi connectivity index (χ4n) is 2.59. The minimum atomic E-state index is -2.83. The van der Waals surface area contributed by atoms with Crippen LogP contribution in [0.25, 0.3) is 0 Å². The average Bonchev–Trinajstić information content (AvgIpc) is 2.81. The van der Waals surface area contributed by atoms with Crippen LogP contribution in [-0.2, 0) is 16.4 Å². The van der Waals surface area contributed by atoms with E-state index in [1.165, 1.54) is 0 Å². The molecule has 1 aromatic rings. The Bertz CT molecular complexity index is 635. The SMILES string of the molecule is CN=C(NCC1CCS(=O)(=O)C1)N(C)Cc1ccc(Cl)cc1.I. The van der Waals surface area contributed by atoms with Gasteiger partial charge in [-0.3, -0.25) is 4.99 Å². The first-order valence-corrected chi connectivity index (χ1v) is 9.46. The number of guanidine groups is 1. The summed E-state index contributed by atoms with van der Waals surface area (Å²) >= 11 is 5.88. The maximum Gasteiger partial charge on any atom is 0.193 e. The van der Waals surface area contributed by atoms with Crippen LogP contribution < -0.4 is 5.32 Å². The van der Waals surface area contributed by atoms with Gasteiger partial charge in [0.1, 0.15) is 0 Å². The molecule has 1 aromatic carbocycles. The minimum absolute atomic E-state index is 0. The summed E-state index contributed by atoms with van der Waals surface area (Å²) in [5, 5.41) is 3.98. The number of hydrogen-bond acceptors (Lipinski definition) is 3.